The molecule has 0 aromatic heterocycles. The summed E-state index contributed by atoms with van der Waals surface area (Å²) in [6.07, 6.45) is 38.6. The third-order valence-electron chi connectivity index (χ3n) is 14.7. The number of rotatable bonds is 8. The summed E-state index contributed by atoms with van der Waals surface area (Å²) in [5.41, 5.74) is 5.86. The van der Waals surface area contributed by atoms with Gasteiger partial charge in [-0.1, -0.05) is 194 Å². The van der Waals surface area contributed by atoms with Crippen molar-refractivity contribution in [1.29, 1.82) is 0 Å². The van der Waals surface area contributed by atoms with E-state index in [1.165, 1.54) is 43.0 Å². The lowest BCUT2D eigenvalue weighted by molar-refractivity contribution is 0.600. The van der Waals surface area contributed by atoms with Crippen molar-refractivity contribution in [3.05, 3.63) is 217 Å². The SMILES string of the molecule is C1=CC2C=CC1C2c1ccc([Si](c2ccc(C3C4C=CC3C=C4)cc2)(c2ccc(C3C4C=CC3C=C4)cc2)c2ccc(C3C4C=CC3C=C4)cc2)cc1. The number of fused-ring (bicyclic) bond motifs is 8. The van der Waals surface area contributed by atoms with Crippen LogP contribution in [0.5, 0.6) is 0 Å². The molecular weight excluding hydrogens is 653 g/mol. The van der Waals surface area contributed by atoms with Crippen LogP contribution in [0.25, 0.3) is 0 Å². The molecule has 8 aliphatic rings. The van der Waals surface area contributed by atoms with Gasteiger partial charge in [-0.15, -0.1) is 0 Å². The number of hydrogen-bond donors (Lipinski definition) is 0. The zero-order chi connectivity index (χ0) is 34.7. The fourth-order valence-electron chi connectivity index (χ4n) is 12.1. The Labute approximate surface area is 315 Å². The van der Waals surface area contributed by atoms with Crippen LogP contribution in [0.4, 0.5) is 0 Å². The maximum absolute atomic E-state index is 2.75. The van der Waals surface area contributed by atoms with Gasteiger partial charge in [0, 0.05) is 71.0 Å². The van der Waals surface area contributed by atoms with Crippen molar-refractivity contribution < 1.29 is 0 Å². The lowest BCUT2D eigenvalue weighted by atomic mass is 9.87. The van der Waals surface area contributed by atoms with Crippen LogP contribution in [0.1, 0.15) is 45.9 Å². The largest absolute Gasteiger partial charge is 0.179 e. The van der Waals surface area contributed by atoms with Crippen LogP contribution < -0.4 is 20.7 Å². The maximum Gasteiger partial charge on any atom is 0.179 e. The molecule has 0 heterocycles. The van der Waals surface area contributed by atoms with Gasteiger partial charge in [-0.3, -0.25) is 0 Å². The van der Waals surface area contributed by atoms with Crippen LogP contribution in [0.15, 0.2) is 194 Å². The molecule has 0 amide bonds. The van der Waals surface area contributed by atoms with E-state index in [2.05, 4.69) is 194 Å². The molecule has 12 rings (SSSR count). The summed E-state index contributed by atoms with van der Waals surface area (Å²) in [4.78, 5) is 0. The normalized spacial score (nSPS) is 36.2. The van der Waals surface area contributed by atoms with Gasteiger partial charge in [-0.05, 0) is 43.0 Å². The van der Waals surface area contributed by atoms with Crippen molar-refractivity contribution in [2.45, 2.75) is 23.7 Å². The topological polar surface area (TPSA) is 0 Å². The molecule has 0 saturated heterocycles. The third kappa shape index (κ3) is 4.41. The molecule has 8 aliphatic carbocycles. The standard InChI is InChI=1S/C52H44Si/c1-2-34-4-3-33(1)49(34)41-17-25-45(26-18-41)53(46-27-19-42(20-28-46)50-35-5-6-36(50)8-7-35,47-29-21-43(22-30-47)51-37-9-10-38(51)12-11-37)48-31-23-44(24-32-48)52-39-13-14-40(52)16-15-39/h1-40,49-52H. The van der Waals surface area contributed by atoms with Crippen molar-refractivity contribution >= 4 is 28.8 Å². The summed E-state index contributed by atoms with van der Waals surface area (Å²) in [7, 11) is -2.75. The zero-order valence-corrected chi connectivity index (χ0v) is 30.9. The lowest BCUT2D eigenvalue weighted by Gasteiger charge is -2.36. The molecule has 0 fully saturated rings. The molecule has 53 heavy (non-hydrogen) atoms. The molecule has 0 spiro atoms. The highest BCUT2D eigenvalue weighted by molar-refractivity contribution is 7.19. The second kappa shape index (κ2) is 11.5. The molecule has 0 N–H and O–H groups in total. The summed E-state index contributed by atoms with van der Waals surface area (Å²) in [6, 6.07) is 40.0. The van der Waals surface area contributed by atoms with Gasteiger partial charge in [-0.25, -0.2) is 0 Å². The first kappa shape index (κ1) is 30.5. The van der Waals surface area contributed by atoms with Crippen molar-refractivity contribution in [3.8, 4) is 0 Å². The first-order valence-electron chi connectivity index (χ1n) is 20.1. The summed E-state index contributed by atoms with van der Waals surface area (Å²) in [5, 5.41) is 5.88. The quantitative estimate of drug-likeness (QED) is 0.0981. The van der Waals surface area contributed by atoms with Gasteiger partial charge in [0.1, 0.15) is 0 Å². The molecule has 4 aromatic rings. The Kier molecular flexibility index (Phi) is 6.62. The summed E-state index contributed by atoms with van der Waals surface area (Å²) < 4.78 is 0. The van der Waals surface area contributed by atoms with E-state index in [1.54, 1.807) is 0 Å². The molecular formula is C52H44Si. The van der Waals surface area contributed by atoms with Crippen LogP contribution >= 0.6 is 0 Å². The molecule has 4 aromatic carbocycles. The second-order valence-electron chi connectivity index (χ2n) is 17.0. The molecule has 8 bridgehead atoms. The Morgan fingerprint density at radius 1 is 0.208 bits per heavy atom. The monoisotopic (exact) mass is 696 g/mol. The van der Waals surface area contributed by atoms with Gasteiger partial charge >= 0.3 is 0 Å². The Morgan fingerprint density at radius 2 is 0.358 bits per heavy atom. The van der Waals surface area contributed by atoms with E-state index in [-0.39, 0.29) is 0 Å². The van der Waals surface area contributed by atoms with Gasteiger partial charge in [0.25, 0.3) is 0 Å². The Balaban J connectivity index is 1.01. The summed E-state index contributed by atoms with van der Waals surface area (Å²) in [6.45, 7) is 0. The Bertz CT molecular complexity index is 1880. The van der Waals surface area contributed by atoms with Crippen molar-refractivity contribution in [1.82, 2.24) is 0 Å². The van der Waals surface area contributed by atoms with Gasteiger partial charge in [0.15, 0.2) is 8.07 Å². The third-order valence-corrected chi connectivity index (χ3v) is 19.5. The van der Waals surface area contributed by atoms with E-state index in [0.29, 0.717) is 71.0 Å². The number of allylic oxidation sites excluding steroid dienone is 16. The minimum atomic E-state index is -2.75. The highest BCUT2D eigenvalue weighted by Crippen LogP contribution is 2.48. The Hall–Kier alpha value is -4.98. The minimum absolute atomic E-state index is 0.528. The highest BCUT2D eigenvalue weighted by Gasteiger charge is 2.44. The first-order valence-corrected chi connectivity index (χ1v) is 22.1. The van der Waals surface area contributed by atoms with E-state index in [4.69, 9.17) is 0 Å². The Morgan fingerprint density at radius 3 is 0.509 bits per heavy atom. The van der Waals surface area contributed by atoms with Crippen molar-refractivity contribution in [2.24, 2.45) is 47.3 Å². The first-order chi connectivity index (χ1) is 26.2. The average molecular weight is 697 g/mol. The summed E-state index contributed by atoms with van der Waals surface area (Å²) >= 11 is 0. The average Bonchev–Trinajstić information content (AvgIpc) is 4.11. The zero-order valence-electron chi connectivity index (χ0n) is 29.9. The molecule has 1 heteroatoms. The molecule has 0 aliphatic heterocycles. The predicted molar refractivity (Wildman–Crippen MR) is 222 cm³/mol. The second-order valence-corrected chi connectivity index (χ2v) is 20.8. The molecule has 0 atom stereocenters. The van der Waals surface area contributed by atoms with E-state index < -0.39 is 8.07 Å². The molecule has 0 saturated carbocycles. The van der Waals surface area contributed by atoms with E-state index >= 15 is 0 Å². The van der Waals surface area contributed by atoms with Crippen LogP contribution in [-0.2, 0) is 0 Å². The van der Waals surface area contributed by atoms with Gasteiger partial charge in [-0.2, -0.15) is 0 Å². The predicted octanol–water partition coefficient (Wildman–Crippen LogP) is 8.89. The van der Waals surface area contributed by atoms with Crippen LogP contribution in [-0.4, -0.2) is 8.07 Å². The number of hydrogen-bond acceptors (Lipinski definition) is 0. The summed E-state index contributed by atoms with van der Waals surface area (Å²) in [5.74, 6) is 6.37. The lowest BCUT2D eigenvalue weighted by Crippen LogP contribution is -2.74. The maximum atomic E-state index is 2.52. The van der Waals surface area contributed by atoms with E-state index in [1.807, 2.05) is 0 Å². The molecule has 0 nitrogen and oxygen atoms in total. The van der Waals surface area contributed by atoms with Crippen molar-refractivity contribution in [2.75, 3.05) is 0 Å². The van der Waals surface area contributed by atoms with Gasteiger partial charge in [0.05, 0.1) is 0 Å². The number of benzene rings is 4. The smallest absolute Gasteiger partial charge is 0.0804 e. The van der Waals surface area contributed by atoms with Crippen LogP contribution in [0.2, 0.25) is 0 Å². The van der Waals surface area contributed by atoms with Gasteiger partial charge < -0.3 is 0 Å². The van der Waals surface area contributed by atoms with Crippen LogP contribution in [0.3, 0.4) is 0 Å². The van der Waals surface area contributed by atoms with Crippen molar-refractivity contribution in [3.63, 3.8) is 0 Å². The highest BCUT2D eigenvalue weighted by atomic mass is 28.3. The fraction of sp³-hybridized carbons (Fsp3) is 0.231. The molecule has 0 radical (unpaired) electrons. The fourth-order valence-corrected chi connectivity index (χ4v) is 16.8. The van der Waals surface area contributed by atoms with Crippen LogP contribution in [0, 0.1) is 47.3 Å². The molecule has 256 valence electrons. The van der Waals surface area contributed by atoms with E-state index in [0.717, 1.165) is 0 Å². The molecule has 0 unspecified atom stereocenters. The minimum Gasteiger partial charge on any atom is -0.0804 e. The van der Waals surface area contributed by atoms with E-state index in [9.17, 15) is 0 Å². The van der Waals surface area contributed by atoms with Gasteiger partial charge in [0.2, 0.25) is 0 Å².